The van der Waals surface area contributed by atoms with E-state index in [9.17, 15) is 19.2 Å². The molecular weight excluding hydrogens is 446 g/mol. The Balaban J connectivity index is 1.60. The van der Waals surface area contributed by atoms with E-state index in [1.165, 1.54) is 14.2 Å². The standard InChI is InChI=1S/C23H19N3O6S/c1-25-20(27)10-6-8-11(9-7-10)26-21(28)15-14-12-4-3-5-13(31-2)17(12)32-23(30)16(14)19(24)33-18(15)22(26)29/h3-9,14-15,18H,24H2,1-2H3,(H,25,27)/t14-,15-,18-/m0/s1. The molecule has 2 aromatic carbocycles. The van der Waals surface area contributed by atoms with Gasteiger partial charge in [0, 0.05) is 24.1 Å². The van der Waals surface area contributed by atoms with Crippen LogP contribution in [0.4, 0.5) is 5.69 Å². The predicted octanol–water partition coefficient (Wildman–Crippen LogP) is 1.53. The Kier molecular flexibility index (Phi) is 4.89. The van der Waals surface area contributed by atoms with Crippen LogP contribution in [0.2, 0.25) is 0 Å². The van der Waals surface area contributed by atoms with Crippen LogP contribution >= 0.6 is 11.8 Å². The monoisotopic (exact) mass is 465 g/mol. The molecule has 33 heavy (non-hydrogen) atoms. The lowest BCUT2D eigenvalue weighted by molar-refractivity contribution is -0.132. The van der Waals surface area contributed by atoms with Crippen LogP contribution in [0.25, 0.3) is 0 Å². The summed E-state index contributed by atoms with van der Waals surface area (Å²) in [6, 6.07) is 11.3. The Morgan fingerprint density at radius 2 is 1.85 bits per heavy atom. The van der Waals surface area contributed by atoms with E-state index >= 15 is 0 Å². The van der Waals surface area contributed by atoms with Crippen LogP contribution in [0.1, 0.15) is 21.8 Å². The fourth-order valence-corrected chi connectivity index (χ4v) is 5.81. The van der Waals surface area contributed by atoms with E-state index in [4.69, 9.17) is 15.2 Å². The topological polar surface area (TPSA) is 128 Å². The number of methoxy groups -OCH3 is 1. The SMILES string of the molecule is CNC(=O)c1ccc(N2C(=O)[C@@H]3[C@H](SC(N)=C4C(=O)Oc5c(OC)cccc5[C@H]43)C2=O)cc1. The first-order valence-corrected chi connectivity index (χ1v) is 11.0. The van der Waals surface area contributed by atoms with Gasteiger partial charge >= 0.3 is 5.97 Å². The number of imide groups is 1. The van der Waals surface area contributed by atoms with E-state index in [0.717, 1.165) is 16.7 Å². The van der Waals surface area contributed by atoms with Crippen LogP contribution in [-0.4, -0.2) is 43.1 Å². The maximum absolute atomic E-state index is 13.6. The van der Waals surface area contributed by atoms with E-state index in [1.807, 2.05) is 0 Å². The van der Waals surface area contributed by atoms with Gasteiger partial charge in [-0.2, -0.15) is 0 Å². The number of carbonyl (C=O) groups excluding carboxylic acids is 4. The molecule has 9 nitrogen and oxygen atoms in total. The molecule has 0 radical (unpaired) electrons. The molecule has 3 aliphatic heterocycles. The molecule has 0 aromatic heterocycles. The van der Waals surface area contributed by atoms with Crippen LogP contribution in [-0.2, 0) is 14.4 Å². The molecule has 3 amide bonds. The number of anilines is 1. The third kappa shape index (κ3) is 3.01. The second kappa shape index (κ2) is 7.66. The lowest BCUT2D eigenvalue weighted by Gasteiger charge is -2.36. The number of thioether (sulfide) groups is 1. The smallest absolute Gasteiger partial charge is 0.342 e. The van der Waals surface area contributed by atoms with Crippen LogP contribution < -0.4 is 25.4 Å². The Morgan fingerprint density at radius 3 is 2.52 bits per heavy atom. The number of hydrogen-bond donors (Lipinski definition) is 2. The first-order valence-electron chi connectivity index (χ1n) is 10.1. The summed E-state index contributed by atoms with van der Waals surface area (Å²) in [5.74, 6) is -2.81. The van der Waals surface area contributed by atoms with Gasteiger partial charge in [-0.3, -0.25) is 14.4 Å². The number of carbonyl (C=O) groups is 4. The molecule has 5 rings (SSSR count). The van der Waals surface area contributed by atoms with E-state index in [1.54, 1.807) is 42.5 Å². The Bertz CT molecular complexity index is 1260. The lowest BCUT2D eigenvalue weighted by atomic mass is 9.77. The number of hydrogen-bond acceptors (Lipinski definition) is 8. The third-order valence-electron chi connectivity index (χ3n) is 6.08. The summed E-state index contributed by atoms with van der Waals surface area (Å²) in [6.45, 7) is 0. The van der Waals surface area contributed by atoms with Gasteiger partial charge in [0.2, 0.25) is 11.8 Å². The molecular formula is C23H19N3O6S. The molecule has 3 aliphatic rings. The molecule has 0 aliphatic carbocycles. The number of fused-ring (bicyclic) bond motifs is 5. The molecule has 0 unspecified atom stereocenters. The van der Waals surface area contributed by atoms with Gasteiger partial charge in [-0.15, -0.1) is 0 Å². The van der Waals surface area contributed by atoms with Gasteiger partial charge in [0.15, 0.2) is 11.5 Å². The maximum Gasteiger partial charge on any atom is 0.342 e. The Hall–Kier alpha value is -3.79. The maximum atomic E-state index is 13.6. The number of nitrogens with two attached hydrogens (primary N) is 1. The van der Waals surface area contributed by atoms with Crippen molar-refractivity contribution in [2.45, 2.75) is 11.2 Å². The first kappa shape index (κ1) is 21.1. The van der Waals surface area contributed by atoms with Crippen molar-refractivity contribution in [2.24, 2.45) is 11.7 Å². The minimum absolute atomic E-state index is 0.165. The van der Waals surface area contributed by atoms with Gasteiger partial charge in [0.05, 0.1) is 29.3 Å². The number of amides is 3. The number of rotatable bonds is 3. The van der Waals surface area contributed by atoms with Crippen molar-refractivity contribution in [3.05, 3.63) is 64.2 Å². The zero-order valence-electron chi connectivity index (χ0n) is 17.7. The highest BCUT2D eigenvalue weighted by Crippen LogP contribution is 2.55. The second-order valence-electron chi connectivity index (χ2n) is 7.73. The highest BCUT2D eigenvalue weighted by Gasteiger charge is 2.58. The van der Waals surface area contributed by atoms with Crippen molar-refractivity contribution in [3.63, 3.8) is 0 Å². The van der Waals surface area contributed by atoms with Crippen LogP contribution in [0, 0.1) is 5.92 Å². The van der Waals surface area contributed by atoms with Gasteiger partial charge in [0.1, 0.15) is 5.25 Å². The van der Waals surface area contributed by atoms with Gasteiger partial charge < -0.3 is 20.5 Å². The molecule has 3 N–H and O–H groups in total. The lowest BCUT2D eigenvalue weighted by Crippen LogP contribution is -2.39. The number of ether oxygens (including phenoxy) is 2. The Labute approximate surface area is 192 Å². The van der Waals surface area contributed by atoms with E-state index < -0.39 is 34.9 Å². The predicted molar refractivity (Wildman–Crippen MR) is 120 cm³/mol. The summed E-state index contributed by atoms with van der Waals surface area (Å²) in [4.78, 5) is 52.8. The zero-order valence-corrected chi connectivity index (χ0v) is 18.5. The number of nitrogens with one attached hydrogen (secondary N) is 1. The minimum atomic E-state index is -0.845. The van der Waals surface area contributed by atoms with Gasteiger partial charge in [-0.25, -0.2) is 9.69 Å². The van der Waals surface area contributed by atoms with Crippen molar-refractivity contribution in [1.29, 1.82) is 0 Å². The summed E-state index contributed by atoms with van der Waals surface area (Å²) in [5.41, 5.74) is 7.70. The average molecular weight is 465 g/mol. The van der Waals surface area contributed by atoms with Crippen molar-refractivity contribution in [3.8, 4) is 11.5 Å². The fourth-order valence-electron chi connectivity index (χ4n) is 4.57. The Morgan fingerprint density at radius 1 is 1.12 bits per heavy atom. The molecule has 10 heteroatoms. The minimum Gasteiger partial charge on any atom is -0.493 e. The molecule has 0 saturated carbocycles. The van der Waals surface area contributed by atoms with Crippen LogP contribution in [0.3, 0.4) is 0 Å². The average Bonchev–Trinajstić information content (AvgIpc) is 3.07. The van der Waals surface area contributed by atoms with Crippen molar-refractivity contribution >= 4 is 41.1 Å². The second-order valence-corrected chi connectivity index (χ2v) is 8.91. The largest absolute Gasteiger partial charge is 0.493 e. The number of nitrogens with zero attached hydrogens (tertiary/aromatic N) is 1. The molecule has 3 atom stereocenters. The number of esters is 1. The van der Waals surface area contributed by atoms with Crippen LogP contribution in [0.15, 0.2) is 53.1 Å². The van der Waals surface area contributed by atoms with Crippen molar-refractivity contribution in [1.82, 2.24) is 5.32 Å². The van der Waals surface area contributed by atoms with Gasteiger partial charge in [-0.1, -0.05) is 23.9 Å². The van der Waals surface area contributed by atoms with E-state index in [0.29, 0.717) is 22.6 Å². The highest BCUT2D eigenvalue weighted by molar-refractivity contribution is 8.04. The summed E-state index contributed by atoms with van der Waals surface area (Å²) < 4.78 is 10.8. The highest BCUT2D eigenvalue weighted by atomic mass is 32.2. The fraction of sp³-hybridized carbons (Fsp3) is 0.217. The summed E-state index contributed by atoms with van der Waals surface area (Å²) >= 11 is 1.00. The summed E-state index contributed by atoms with van der Waals surface area (Å²) in [5, 5.41) is 1.89. The van der Waals surface area contributed by atoms with Gasteiger partial charge in [-0.05, 0) is 30.3 Å². The molecule has 0 spiro atoms. The van der Waals surface area contributed by atoms with E-state index in [2.05, 4.69) is 5.32 Å². The zero-order chi connectivity index (χ0) is 23.4. The number of para-hydroxylation sites is 1. The van der Waals surface area contributed by atoms with Gasteiger partial charge in [0.25, 0.3) is 5.91 Å². The van der Waals surface area contributed by atoms with E-state index in [-0.39, 0.29) is 22.3 Å². The quantitative estimate of drug-likeness (QED) is 0.397. The summed E-state index contributed by atoms with van der Waals surface area (Å²) in [6.07, 6.45) is 0. The normalized spacial score (nSPS) is 23.5. The van der Waals surface area contributed by atoms with Crippen molar-refractivity contribution in [2.75, 3.05) is 19.1 Å². The van der Waals surface area contributed by atoms with Crippen molar-refractivity contribution < 1.29 is 28.7 Å². The molecule has 2 aromatic rings. The molecule has 0 bridgehead atoms. The third-order valence-corrected chi connectivity index (χ3v) is 7.30. The number of benzene rings is 2. The molecule has 1 saturated heterocycles. The molecule has 3 heterocycles. The molecule has 168 valence electrons. The van der Waals surface area contributed by atoms with Crippen LogP contribution in [0.5, 0.6) is 11.5 Å². The summed E-state index contributed by atoms with van der Waals surface area (Å²) in [7, 11) is 2.97. The first-order chi connectivity index (χ1) is 15.9. The molecule has 1 fully saturated rings.